The summed E-state index contributed by atoms with van der Waals surface area (Å²) in [5.41, 5.74) is 2.89. The van der Waals surface area contributed by atoms with Crippen molar-refractivity contribution in [1.29, 1.82) is 0 Å². The lowest BCUT2D eigenvalue weighted by Gasteiger charge is -2.25. The lowest BCUT2D eigenvalue weighted by molar-refractivity contribution is -0.121. The molecular formula is C21H23N3O4. The first-order valence-electron chi connectivity index (χ1n) is 9.43. The van der Waals surface area contributed by atoms with Crippen LogP contribution in [0.2, 0.25) is 0 Å². The van der Waals surface area contributed by atoms with Crippen LogP contribution >= 0.6 is 0 Å². The molecule has 2 heterocycles. The monoisotopic (exact) mass is 381 g/mol. The normalized spacial score (nSPS) is 18.4. The summed E-state index contributed by atoms with van der Waals surface area (Å²) in [6.45, 7) is 2.11. The second kappa shape index (κ2) is 8.00. The van der Waals surface area contributed by atoms with E-state index in [1.54, 1.807) is 18.2 Å². The van der Waals surface area contributed by atoms with Crippen molar-refractivity contribution in [3.05, 3.63) is 70.2 Å². The highest BCUT2D eigenvalue weighted by Gasteiger charge is 2.24. The number of carbonyl (C=O) groups is 1. The zero-order valence-electron chi connectivity index (χ0n) is 15.4. The molecule has 7 nitrogen and oxygen atoms in total. The van der Waals surface area contributed by atoms with E-state index in [2.05, 4.69) is 15.2 Å². The Morgan fingerprint density at radius 1 is 1.29 bits per heavy atom. The Morgan fingerprint density at radius 3 is 2.86 bits per heavy atom. The second-order valence-electron chi connectivity index (χ2n) is 7.25. The first-order valence-corrected chi connectivity index (χ1v) is 9.43. The summed E-state index contributed by atoms with van der Waals surface area (Å²) in [7, 11) is 0. The number of rotatable bonds is 6. The highest BCUT2D eigenvalue weighted by atomic mass is 16.4. The number of fused-ring (bicyclic) bond motifs is 1. The fourth-order valence-corrected chi connectivity index (χ4v) is 3.70. The van der Waals surface area contributed by atoms with Crippen molar-refractivity contribution in [3.8, 4) is 0 Å². The van der Waals surface area contributed by atoms with E-state index in [0.29, 0.717) is 24.2 Å². The molecule has 0 saturated carbocycles. The number of nitrogens with zero attached hydrogens (tertiary/aromatic N) is 1. The highest BCUT2D eigenvalue weighted by Crippen LogP contribution is 2.19. The predicted octanol–water partition coefficient (Wildman–Crippen LogP) is 1.59. The van der Waals surface area contributed by atoms with Crippen LogP contribution < -0.4 is 11.1 Å². The number of aliphatic hydroxyl groups is 1. The maximum atomic E-state index is 12.7. The van der Waals surface area contributed by atoms with Gasteiger partial charge in [-0.05, 0) is 29.7 Å². The average molecular weight is 381 g/mol. The van der Waals surface area contributed by atoms with Crippen molar-refractivity contribution in [1.82, 2.24) is 15.2 Å². The smallest absolute Gasteiger partial charge is 0.408 e. The first-order chi connectivity index (χ1) is 13.6. The quantitative estimate of drug-likeness (QED) is 0.602. The third-order valence-corrected chi connectivity index (χ3v) is 5.07. The molecular weight excluding hydrogens is 358 g/mol. The van der Waals surface area contributed by atoms with Gasteiger partial charge in [-0.25, -0.2) is 4.79 Å². The number of benzene rings is 2. The van der Waals surface area contributed by atoms with Gasteiger partial charge in [0.25, 0.3) is 0 Å². The number of hydrogen-bond donors (Lipinski definition) is 3. The van der Waals surface area contributed by atoms with Gasteiger partial charge in [-0.15, -0.1) is 0 Å². The number of aromatic nitrogens is 1. The van der Waals surface area contributed by atoms with Crippen molar-refractivity contribution in [2.45, 2.75) is 25.0 Å². The number of hydrogen-bond acceptors (Lipinski definition) is 5. The van der Waals surface area contributed by atoms with Gasteiger partial charge in [0.15, 0.2) is 5.58 Å². The van der Waals surface area contributed by atoms with Crippen molar-refractivity contribution in [3.63, 3.8) is 0 Å². The Bertz CT molecular complexity index is 1010. The van der Waals surface area contributed by atoms with Gasteiger partial charge in [0.1, 0.15) is 0 Å². The molecule has 1 aliphatic heterocycles. The number of oxazole rings is 1. The Kier molecular flexibility index (Phi) is 5.27. The first kappa shape index (κ1) is 18.5. The Hall–Kier alpha value is -2.90. The second-order valence-corrected chi connectivity index (χ2v) is 7.25. The number of β-amino-alcohol motifs (C(OH)–C–C–N with tert-alkyl or cyclic N) is 1. The maximum absolute atomic E-state index is 12.7. The topological polar surface area (TPSA) is 98.6 Å². The average Bonchev–Trinajstić information content (AvgIpc) is 3.25. The zero-order valence-corrected chi connectivity index (χ0v) is 15.4. The van der Waals surface area contributed by atoms with E-state index in [4.69, 9.17) is 4.42 Å². The van der Waals surface area contributed by atoms with Crippen molar-refractivity contribution in [2.24, 2.45) is 0 Å². The van der Waals surface area contributed by atoms with Crippen LogP contribution in [0.1, 0.15) is 23.6 Å². The molecule has 146 valence electrons. The highest BCUT2D eigenvalue weighted by molar-refractivity contribution is 5.81. The van der Waals surface area contributed by atoms with Crippen LogP contribution in [-0.4, -0.2) is 46.6 Å². The standard InChI is InChI=1S/C21H23N3O4/c25-16-8-9-24(12-16)13-18(15-4-2-1-3-5-15)22-20(26)11-14-6-7-19-17(10-14)23-21(27)28-19/h1-7,10,16,18,25H,8-9,11-13H2,(H,22,26)(H,23,27)/t16?,18-/m1/s1. The maximum Gasteiger partial charge on any atom is 0.417 e. The summed E-state index contributed by atoms with van der Waals surface area (Å²) < 4.78 is 5.00. The molecule has 1 amide bonds. The van der Waals surface area contributed by atoms with Crippen molar-refractivity contribution in [2.75, 3.05) is 19.6 Å². The van der Waals surface area contributed by atoms with Crippen LogP contribution in [0.15, 0.2) is 57.7 Å². The van der Waals surface area contributed by atoms with E-state index in [0.717, 1.165) is 24.1 Å². The number of likely N-dealkylation sites (tertiary alicyclic amines) is 1. The number of H-pyrrole nitrogens is 1. The number of carbonyl (C=O) groups excluding carboxylic acids is 1. The molecule has 1 saturated heterocycles. The third-order valence-electron chi connectivity index (χ3n) is 5.07. The van der Waals surface area contributed by atoms with Gasteiger partial charge in [-0.2, -0.15) is 0 Å². The van der Waals surface area contributed by atoms with E-state index in [1.807, 2.05) is 30.3 Å². The Morgan fingerprint density at radius 2 is 2.11 bits per heavy atom. The largest absolute Gasteiger partial charge is 0.417 e. The number of nitrogens with one attached hydrogen (secondary N) is 2. The molecule has 3 aromatic rings. The van der Waals surface area contributed by atoms with Gasteiger partial charge >= 0.3 is 5.76 Å². The molecule has 28 heavy (non-hydrogen) atoms. The fourth-order valence-electron chi connectivity index (χ4n) is 3.70. The van der Waals surface area contributed by atoms with Crippen molar-refractivity contribution >= 4 is 17.0 Å². The van der Waals surface area contributed by atoms with E-state index < -0.39 is 5.76 Å². The summed E-state index contributed by atoms with van der Waals surface area (Å²) in [6.07, 6.45) is 0.670. The number of amides is 1. The molecule has 1 unspecified atom stereocenters. The van der Waals surface area contributed by atoms with Crippen LogP contribution in [0, 0.1) is 0 Å². The van der Waals surface area contributed by atoms with Gasteiger partial charge in [0.05, 0.1) is 24.1 Å². The molecule has 7 heteroatoms. The predicted molar refractivity (Wildman–Crippen MR) is 105 cm³/mol. The minimum absolute atomic E-state index is 0.0983. The van der Waals surface area contributed by atoms with E-state index in [-0.39, 0.29) is 24.5 Å². The van der Waals surface area contributed by atoms with Crippen LogP contribution in [0.4, 0.5) is 0 Å². The number of aliphatic hydroxyl groups excluding tert-OH is 1. The molecule has 1 aromatic heterocycles. The summed E-state index contributed by atoms with van der Waals surface area (Å²) in [6, 6.07) is 14.9. The molecule has 3 N–H and O–H groups in total. The molecule has 0 aliphatic carbocycles. The summed E-state index contributed by atoms with van der Waals surface area (Å²) in [5.74, 6) is -0.604. The molecule has 2 atom stereocenters. The molecule has 0 spiro atoms. The van der Waals surface area contributed by atoms with Gasteiger partial charge in [-0.1, -0.05) is 36.4 Å². The van der Waals surface area contributed by atoms with Gasteiger partial charge in [0.2, 0.25) is 5.91 Å². The zero-order chi connectivity index (χ0) is 19.5. The summed E-state index contributed by atoms with van der Waals surface area (Å²) in [5, 5.41) is 12.9. The van der Waals surface area contributed by atoms with E-state index in [9.17, 15) is 14.7 Å². The van der Waals surface area contributed by atoms with Gasteiger partial charge < -0.3 is 14.8 Å². The Labute approximate surface area is 162 Å². The molecule has 0 bridgehead atoms. The molecule has 0 radical (unpaired) electrons. The molecule has 2 aromatic carbocycles. The number of aromatic amines is 1. The minimum atomic E-state index is -0.506. The van der Waals surface area contributed by atoms with E-state index >= 15 is 0 Å². The summed E-state index contributed by atoms with van der Waals surface area (Å²) >= 11 is 0. The third kappa shape index (κ3) is 4.32. The molecule has 4 rings (SSSR count). The van der Waals surface area contributed by atoms with Crippen molar-refractivity contribution < 1.29 is 14.3 Å². The summed E-state index contributed by atoms with van der Waals surface area (Å²) in [4.78, 5) is 28.8. The molecule has 1 aliphatic rings. The Balaban J connectivity index is 1.46. The van der Waals surface area contributed by atoms with Crippen LogP contribution in [0.25, 0.3) is 11.1 Å². The lowest BCUT2D eigenvalue weighted by atomic mass is 10.1. The van der Waals surface area contributed by atoms with Crippen LogP contribution in [0.5, 0.6) is 0 Å². The fraction of sp³-hybridized carbons (Fsp3) is 0.333. The van der Waals surface area contributed by atoms with Crippen LogP contribution in [0.3, 0.4) is 0 Å². The lowest BCUT2D eigenvalue weighted by Crippen LogP contribution is -2.38. The van der Waals surface area contributed by atoms with Gasteiger partial charge in [-0.3, -0.25) is 14.7 Å². The van der Waals surface area contributed by atoms with Gasteiger partial charge in [0, 0.05) is 19.6 Å². The SMILES string of the molecule is O=C(Cc1ccc2oc(=O)[nH]c2c1)N[C@H](CN1CCC(O)C1)c1ccccc1. The molecule has 1 fully saturated rings. The minimum Gasteiger partial charge on any atom is -0.408 e. The van der Waals surface area contributed by atoms with E-state index in [1.165, 1.54) is 0 Å². The van der Waals surface area contributed by atoms with Crippen LogP contribution in [-0.2, 0) is 11.2 Å².